The fraction of sp³-hybridized carbons (Fsp3) is 0.824. The third kappa shape index (κ3) is 5.80. The Labute approximate surface area is 222 Å². The second kappa shape index (κ2) is 13.0. The topological polar surface area (TPSA) is 12.0 Å². The molecule has 0 aromatic rings. The van der Waals surface area contributed by atoms with E-state index in [1.54, 1.807) is 5.57 Å². The standard InChI is InChI=1S/C30H49N.2C2H6.H2/c1-7-19-31-20-15-22(8-2)25-12-13-26-24-11-10-23-21-28(4,9-3)17-18-29(23,5)27(24)14-16-30(25,26)6;2*1-2;/h7-8,14,19,23-26,31H,9-13,15-18,20-21H2,1-6H3;2*1-2H3;1H/b19-7-,22-8-;;;/t23-,24?,25-,26?,28-,29+,30-;;;/m1.../s1. The van der Waals surface area contributed by atoms with Gasteiger partial charge in [0.1, 0.15) is 0 Å². The molecule has 3 fully saturated rings. The molecule has 204 valence electrons. The van der Waals surface area contributed by atoms with E-state index >= 15 is 0 Å². The van der Waals surface area contributed by atoms with Gasteiger partial charge in [-0.15, -0.1) is 0 Å². The van der Waals surface area contributed by atoms with E-state index in [1.807, 2.05) is 33.3 Å². The van der Waals surface area contributed by atoms with Crippen LogP contribution in [0.15, 0.2) is 35.6 Å². The molecule has 35 heavy (non-hydrogen) atoms. The fourth-order valence-corrected chi connectivity index (χ4v) is 8.67. The van der Waals surface area contributed by atoms with Gasteiger partial charge in [0.2, 0.25) is 0 Å². The van der Waals surface area contributed by atoms with Crippen LogP contribution in [0.5, 0.6) is 0 Å². The molecule has 4 rings (SSSR count). The minimum absolute atomic E-state index is 0. The van der Waals surface area contributed by atoms with Crippen molar-refractivity contribution in [3.8, 4) is 0 Å². The quantitative estimate of drug-likeness (QED) is 0.291. The van der Waals surface area contributed by atoms with Gasteiger partial charge in [-0.1, -0.05) is 91.2 Å². The molecule has 1 nitrogen and oxygen atoms in total. The second-order valence-corrected chi connectivity index (χ2v) is 12.3. The average molecular weight is 486 g/mol. The molecule has 4 aliphatic rings. The van der Waals surface area contributed by atoms with Crippen LogP contribution in [0.1, 0.15) is 135 Å². The lowest BCUT2D eigenvalue weighted by molar-refractivity contribution is -0.00740. The number of rotatable bonds is 6. The second-order valence-electron chi connectivity index (χ2n) is 12.3. The van der Waals surface area contributed by atoms with Crippen LogP contribution in [0.3, 0.4) is 0 Å². The first-order valence-electron chi connectivity index (χ1n) is 15.5. The molecule has 1 N–H and O–H groups in total. The fourth-order valence-electron chi connectivity index (χ4n) is 8.67. The highest BCUT2D eigenvalue weighted by atomic mass is 14.8. The van der Waals surface area contributed by atoms with Crippen molar-refractivity contribution in [1.29, 1.82) is 0 Å². The van der Waals surface area contributed by atoms with Crippen LogP contribution in [0, 0.1) is 39.9 Å². The monoisotopic (exact) mass is 485 g/mol. The first kappa shape index (κ1) is 30.2. The molecular formula is C34H63N. The van der Waals surface area contributed by atoms with Gasteiger partial charge >= 0.3 is 0 Å². The van der Waals surface area contributed by atoms with Crippen molar-refractivity contribution in [3.05, 3.63) is 35.6 Å². The van der Waals surface area contributed by atoms with E-state index in [0.29, 0.717) is 16.2 Å². The summed E-state index contributed by atoms with van der Waals surface area (Å²) in [4.78, 5) is 0. The molecule has 0 heterocycles. The number of fused-ring (bicyclic) bond motifs is 5. The molecule has 0 saturated heterocycles. The molecule has 7 atom stereocenters. The Bertz CT molecular complexity index is 750. The number of hydrogen-bond donors (Lipinski definition) is 1. The minimum atomic E-state index is 0. The van der Waals surface area contributed by atoms with E-state index in [1.165, 1.54) is 64.2 Å². The van der Waals surface area contributed by atoms with E-state index in [2.05, 4.69) is 71.3 Å². The third-order valence-corrected chi connectivity index (χ3v) is 10.9. The van der Waals surface area contributed by atoms with Gasteiger partial charge in [0, 0.05) is 7.97 Å². The third-order valence-electron chi connectivity index (χ3n) is 10.9. The molecule has 3 saturated carbocycles. The van der Waals surface area contributed by atoms with Crippen LogP contribution in [-0.2, 0) is 0 Å². The number of hydrogen-bond acceptors (Lipinski definition) is 1. The molecule has 2 unspecified atom stereocenters. The maximum Gasteiger partial charge on any atom is 0.0178 e. The van der Waals surface area contributed by atoms with Crippen LogP contribution in [0.2, 0.25) is 0 Å². The molecule has 4 aliphatic carbocycles. The van der Waals surface area contributed by atoms with Crippen LogP contribution in [0.4, 0.5) is 0 Å². The van der Waals surface area contributed by atoms with Gasteiger partial charge in [-0.05, 0) is 118 Å². The van der Waals surface area contributed by atoms with Crippen molar-refractivity contribution in [2.24, 2.45) is 39.9 Å². The zero-order valence-electron chi connectivity index (χ0n) is 25.4. The van der Waals surface area contributed by atoms with E-state index in [4.69, 9.17) is 0 Å². The predicted octanol–water partition coefficient (Wildman–Crippen LogP) is 10.7. The molecule has 1 heteroatoms. The lowest BCUT2D eigenvalue weighted by Gasteiger charge is -2.59. The van der Waals surface area contributed by atoms with Crippen molar-refractivity contribution in [2.75, 3.05) is 6.54 Å². The average Bonchev–Trinajstić information content (AvgIpc) is 3.24. The summed E-state index contributed by atoms with van der Waals surface area (Å²) >= 11 is 0. The lowest BCUT2D eigenvalue weighted by atomic mass is 9.46. The molecule has 0 aliphatic heterocycles. The summed E-state index contributed by atoms with van der Waals surface area (Å²) in [7, 11) is 0. The molecule has 0 aromatic heterocycles. The van der Waals surface area contributed by atoms with Crippen LogP contribution >= 0.6 is 0 Å². The van der Waals surface area contributed by atoms with Crippen LogP contribution in [-0.4, -0.2) is 6.54 Å². The first-order valence-corrected chi connectivity index (χ1v) is 15.5. The molecule has 0 aromatic carbocycles. The van der Waals surface area contributed by atoms with Gasteiger partial charge < -0.3 is 5.32 Å². The summed E-state index contributed by atoms with van der Waals surface area (Å²) in [6.45, 7) is 23.8. The Morgan fingerprint density at radius 1 is 1.03 bits per heavy atom. The van der Waals surface area contributed by atoms with Crippen molar-refractivity contribution in [2.45, 2.75) is 133 Å². The molecular weight excluding hydrogens is 422 g/mol. The van der Waals surface area contributed by atoms with Gasteiger partial charge in [-0.25, -0.2) is 0 Å². The zero-order chi connectivity index (χ0) is 26.3. The Morgan fingerprint density at radius 2 is 1.74 bits per heavy atom. The number of allylic oxidation sites excluding steroid dienone is 4. The highest BCUT2D eigenvalue weighted by Gasteiger charge is 2.58. The largest absolute Gasteiger partial charge is 0.391 e. The summed E-state index contributed by atoms with van der Waals surface area (Å²) in [5.74, 6) is 3.50. The zero-order valence-corrected chi connectivity index (χ0v) is 25.4. The lowest BCUT2D eigenvalue weighted by Crippen LogP contribution is -2.49. The van der Waals surface area contributed by atoms with Crippen LogP contribution in [0.25, 0.3) is 0 Å². The predicted molar refractivity (Wildman–Crippen MR) is 160 cm³/mol. The smallest absolute Gasteiger partial charge is 0.0178 e. The maximum absolute atomic E-state index is 3.47. The highest BCUT2D eigenvalue weighted by Crippen LogP contribution is 2.67. The van der Waals surface area contributed by atoms with Gasteiger partial charge in [0.15, 0.2) is 0 Å². The Balaban J connectivity index is 0.00000123. The summed E-state index contributed by atoms with van der Waals surface area (Å²) in [5, 5.41) is 3.47. The van der Waals surface area contributed by atoms with E-state index in [-0.39, 0.29) is 1.43 Å². The maximum atomic E-state index is 3.47. The van der Waals surface area contributed by atoms with Crippen molar-refractivity contribution < 1.29 is 1.43 Å². The summed E-state index contributed by atoms with van der Waals surface area (Å²) in [6, 6.07) is 0. The van der Waals surface area contributed by atoms with Crippen LogP contribution < -0.4 is 5.32 Å². The van der Waals surface area contributed by atoms with Crippen molar-refractivity contribution >= 4 is 0 Å². The van der Waals surface area contributed by atoms with Crippen molar-refractivity contribution in [3.63, 3.8) is 0 Å². The summed E-state index contributed by atoms with van der Waals surface area (Å²) < 4.78 is 0. The highest BCUT2D eigenvalue weighted by molar-refractivity contribution is 5.31. The SMILES string of the molecule is C/C=C\NCC/C(=C/C)[C@H]1CCC2C3CC[C@@H]4C[C@](C)(CC)CC[C@]4(C)C3=CC[C@@]21C.CC.CC.[HH]. The van der Waals surface area contributed by atoms with Crippen molar-refractivity contribution in [1.82, 2.24) is 5.32 Å². The normalized spacial score (nSPS) is 40.3. The molecule has 0 spiro atoms. The first-order chi connectivity index (χ1) is 16.8. The summed E-state index contributed by atoms with van der Waals surface area (Å²) in [6.07, 6.45) is 23.5. The minimum Gasteiger partial charge on any atom is -0.391 e. The Morgan fingerprint density at radius 3 is 2.37 bits per heavy atom. The van der Waals surface area contributed by atoms with Gasteiger partial charge in [-0.2, -0.15) is 0 Å². The van der Waals surface area contributed by atoms with Gasteiger partial charge in [-0.3, -0.25) is 0 Å². The van der Waals surface area contributed by atoms with Gasteiger partial charge in [0.05, 0.1) is 0 Å². The summed E-state index contributed by atoms with van der Waals surface area (Å²) in [5.41, 5.74) is 5.21. The molecule has 0 amide bonds. The van der Waals surface area contributed by atoms with E-state index in [0.717, 1.165) is 30.2 Å². The van der Waals surface area contributed by atoms with E-state index < -0.39 is 0 Å². The molecule has 0 bridgehead atoms. The molecule has 0 radical (unpaired) electrons. The number of nitrogens with one attached hydrogen (secondary N) is 1. The van der Waals surface area contributed by atoms with E-state index in [9.17, 15) is 0 Å². The van der Waals surface area contributed by atoms with Gasteiger partial charge in [0.25, 0.3) is 0 Å². The Hall–Kier alpha value is -0.980. The Kier molecular flexibility index (Phi) is 11.2.